The van der Waals surface area contributed by atoms with Crippen LogP contribution in [-0.4, -0.2) is 25.0 Å². The number of benzene rings is 1. The fourth-order valence-electron chi connectivity index (χ4n) is 2.12. The van der Waals surface area contributed by atoms with Crippen molar-refractivity contribution in [2.45, 2.75) is 40.3 Å². The molecule has 0 bridgehead atoms. The molecule has 0 unspecified atom stereocenters. The fourth-order valence-corrected chi connectivity index (χ4v) is 2.12. The second-order valence-electron chi connectivity index (χ2n) is 6.06. The molecule has 0 saturated heterocycles. The SMILES string of the molecule is CC(C)CN(CC(N)=O)c1ccc(CNC(C)C)cc1F. The lowest BCUT2D eigenvalue weighted by Gasteiger charge is -2.26. The molecular formula is C16H26FN3O. The van der Waals surface area contributed by atoms with Crippen LogP contribution in [-0.2, 0) is 11.3 Å². The molecule has 0 aliphatic rings. The van der Waals surface area contributed by atoms with Crippen LogP contribution in [0.25, 0.3) is 0 Å². The lowest BCUT2D eigenvalue weighted by atomic mass is 10.1. The number of carbonyl (C=O) groups is 1. The first-order valence-electron chi connectivity index (χ1n) is 7.34. The molecule has 4 nitrogen and oxygen atoms in total. The maximum atomic E-state index is 14.3. The second kappa shape index (κ2) is 7.98. The van der Waals surface area contributed by atoms with E-state index in [1.165, 1.54) is 6.07 Å². The van der Waals surface area contributed by atoms with Crippen LogP contribution in [0.5, 0.6) is 0 Å². The summed E-state index contributed by atoms with van der Waals surface area (Å²) < 4.78 is 14.3. The van der Waals surface area contributed by atoms with E-state index in [9.17, 15) is 9.18 Å². The summed E-state index contributed by atoms with van der Waals surface area (Å²) in [6, 6.07) is 5.46. The van der Waals surface area contributed by atoms with Crippen LogP contribution in [0.1, 0.15) is 33.3 Å². The lowest BCUT2D eigenvalue weighted by molar-refractivity contribution is -0.116. The van der Waals surface area contributed by atoms with Gasteiger partial charge in [-0.1, -0.05) is 33.8 Å². The Bertz CT molecular complexity index is 475. The van der Waals surface area contributed by atoms with Gasteiger partial charge in [-0.2, -0.15) is 0 Å². The molecule has 0 aromatic heterocycles. The molecule has 0 saturated carbocycles. The normalized spacial score (nSPS) is 11.2. The van der Waals surface area contributed by atoms with Gasteiger partial charge in [-0.15, -0.1) is 0 Å². The van der Waals surface area contributed by atoms with E-state index in [0.29, 0.717) is 30.7 Å². The number of hydrogen-bond donors (Lipinski definition) is 2. The number of amides is 1. The Kier molecular flexibility index (Phi) is 6.62. The van der Waals surface area contributed by atoms with Crippen LogP contribution in [0, 0.1) is 11.7 Å². The van der Waals surface area contributed by atoms with E-state index in [2.05, 4.69) is 5.32 Å². The molecule has 0 fully saturated rings. The third-order valence-electron chi connectivity index (χ3n) is 3.00. The van der Waals surface area contributed by atoms with Gasteiger partial charge in [-0.25, -0.2) is 4.39 Å². The van der Waals surface area contributed by atoms with Crippen molar-refractivity contribution in [1.82, 2.24) is 5.32 Å². The minimum absolute atomic E-state index is 0.0265. The second-order valence-corrected chi connectivity index (χ2v) is 6.06. The molecule has 1 aromatic carbocycles. The number of nitrogens with zero attached hydrogens (tertiary/aromatic N) is 1. The summed E-state index contributed by atoms with van der Waals surface area (Å²) in [6.07, 6.45) is 0. The maximum absolute atomic E-state index is 14.3. The molecule has 1 rings (SSSR count). The molecule has 0 heterocycles. The zero-order chi connectivity index (χ0) is 16.0. The Hall–Kier alpha value is -1.62. The van der Waals surface area contributed by atoms with Gasteiger partial charge in [-0.3, -0.25) is 4.79 Å². The third kappa shape index (κ3) is 6.12. The summed E-state index contributed by atoms with van der Waals surface area (Å²) in [5, 5.41) is 3.25. The molecule has 21 heavy (non-hydrogen) atoms. The Morgan fingerprint density at radius 3 is 2.48 bits per heavy atom. The lowest BCUT2D eigenvalue weighted by Crippen LogP contribution is -2.36. The van der Waals surface area contributed by atoms with Crippen molar-refractivity contribution in [3.63, 3.8) is 0 Å². The van der Waals surface area contributed by atoms with E-state index >= 15 is 0 Å². The summed E-state index contributed by atoms with van der Waals surface area (Å²) in [5.41, 5.74) is 6.56. The summed E-state index contributed by atoms with van der Waals surface area (Å²) in [6.45, 7) is 9.36. The molecule has 1 aromatic rings. The van der Waals surface area contributed by atoms with Crippen LogP contribution < -0.4 is 16.0 Å². The van der Waals surface area contributed by atoms with E-state index in [0.717, 1.165) is 5.56 Å². The van der Waals surface area contributed by atoms with Gasteiger partial charge in [0.15, 0.2) is 0 Å². The number of anilines is 1. The fraction of sp³-hybridized carbons (Fsp3) is 0.562. The average Bonchev–Trinajstić information content (AvgIpc) is 2.34. The van der Waals surface area contributed by atoms with Crippen LogP contribution in [0.15, 0.2) is 18.2 Å². The van der Waals surface area contributed by atoms with Crippen molar-refractivity contribution in [2.75, 3.05) is 18.0 Å². The van der Waals surface area contributed by atoms with Gasteiger partial charge in [0.25, 0.3) is 0 Å². The first-order chi connectivity index (χ1) is 9.79. The van der Waals surface area contributed by atoms with Crippen LogP contribution >= 0.6 is 0 Å². The third-order valence-corrected chi connectivity index (χ3v) is 3.00. The smallest absolute Gasteiger partial charge is 0.236 e. The Balaban J connectivity index is 2.90. The number of halogens is 1. The predicted octanol–water partition coefficient (Wildman–Crippen LogP) is 2.27. The largest absolute Gasteiger partial charge is 0.368 e. The van der Waals surface area contributed by atoms with E-state index < -0.39 is 5.91 Å². The topological polar surface area (TPSA) is 58.4 Å². The van der Waals surface area contributed by atoms with Crippen molar-refractivity contribution in [3.05, 3.63) is 29.6 Å². The minimum Gasteiger partial charge on any atom is -0.368 e. The van der Waals surface area contributed by atoms with Crippen molar-refractivity contribution in [3.8, 4) is 0 Å². The van der Waals surface area contributed by atoms with E-state index in [1.54, 1.807) is 11.0 Å². The summed E-state index contributed by atoms with van der Waals surface area (Å²) in [4.78, 5) is 12.9. The quantitative estimate of drug-likeness (QED) is 0.773. The van der Waals surface area contributed by atoms with Gasteiger partial charge in [0, 0.05) is 19.1 Å². The molecular weight excluding hydrogens is 269 g/mol. The Labute approximate surface area is 126 Å². The van der Waals surface area contributed by atoms with Gasteiger partial charge >= 0.3 is 0 Å². The first-order valence-corrected chi connectivity index (χ1v) is 7.34. The summed E-state index contributed by atoms with van der Waals surface area (Å²) in [7, 11) is 0. The highest BCUT2D eigenvalue weighted by atomic mass is 19.1. The highest BCUT2D eigenvalue weighted by Gasteiger charge is 2.15. The van der Waals surface area contributed by atoms with E-state index in [-0.39, 0.29) is 12.4 Å². The van der Waals surface area contributed by atoms with Crippen LogP contribution in [0.4, 0.5) is 10.1 Å². The van der Waals surface area contributed by atoms with E-state index in [4.69, 9.17) is 5.73 Å². The van der Waals surface area contributed by atoms with Gasteiger partial charge < -0.3 is 16.0 Å². The number of nitrogens with two attached hydrogens (primary N) is 1. The zero-order valence-corrected chi connectivity index (χ0v) is 13.3. The number of carbonyl (C=O) groups excluding carboxylic acids is 1. The monoisotopic (exact) mass is 295 g/mol. The molecule has 0 spiro atoms. The molecule has 118 valence electrons. The molecule has 3 N–H and O–H groups in total. The summed E-state index contributed by atoms with van der Waals surface area (Å²) in [5.74, 6) is -0.466. The highest BCUT2D eigenvalue weighted by Crippen LogP contribution is 2.21. The highest BCUT2D eigenvalue weighted by molar-refractivity contribution is 5.79. The van der Waals surface area contributed by atoms with Gasteiger partial charge in [0.1, 0.15) is 5.82 Å². The van der Waals surface area contributed by atoms with Gasteiger partial charge in [0.05, 0.1) is 12.2 Å². The molecule has 1 amide bonds. The van der Waals surface area contributed by atoms with Crippen molar-refractivity contribution < 1.29 is 9.18 Å². The average molecular weight is 295 g/mol. The molecule has 0 radical (unpaired) electrons. The number of nitrogens with one attached hydrogen (secondary N) is 1. The van der Waals surface area contributed by atoms with Crippen molar-refractivity contribution in [2.24, 2.45) is 11.7 Å². The number of primary amides is 1. The molecule has 5 heteroatoms. The molecule has 0 aliphatic carbocycles. The van der Waals surface area contributed by atoms with Crippen molar-refractivity contribution >= 4 is 11.6 Å². The predicted molar refractivity (Wildman–Crippen MR) is 84.6 cm³/mol. The van der Waals surface area contributed by atoms with Gasteiger partial charge in [-0.05, 0) is 23.6 Å². The Morgan fingerprint density at radius 1 is 1.33 bits per heavy atom. The summed E-state index contributed by atoms with van der Waals surface area (Å²) >= 11 is 0. The Morgan fingerprint density at radius 2 is 2.00 bits per heavy atom. The standard InChI is InChI=1S/C16H26FN3O/c1-11(2)9-20(10-16(18)21)15-6-5-13(7-14(15)17)8-19-12(3)4/h5-7,11-12,19H,8-10H2,1-4H3,(H2,18,21). The van der Waals surface area contributed by atoms with Crippen molar-refractivity contribution in [1.29, 1.82) is 0 Å². The van der Waals surface area contributed by atoms with E-state index in [1.807, 2.05) is 33.8 Å². The first kappa shape index (κ1) is 17.4. The van der Waals surface area contributed by atoms with Crippen LogP contribution in [0.3, 0.4) is 0 Å². The zero-order valence-electron chi connectivity index (χ0n) is 13.3. The molecule has 0 atom stereocenters. The maximum Gasteiger partial charge on any atom is 0.236 e. The number of rotatable bonds is 8. The number of hydrogen-bond acceptors (Lipinski definition) is 3. The molecule has 0 aliphatic heterocycles. The minimum atomic E-state index is -0.458. The van der Waals surface area contributed by atoms with Gasteiger partial charge in [0.2, 0.25) is 5.91 Å². The van der Waals surface area contributed by atoms with Crippen LogP contribution in [0.2, 0.25) is 0 Å².